The van der Waals surface area contributed by atoms with Crippen molar-refractivity contribution < 1.29 is 26.4 Å². The van der Waals surface area contributed by atoms with E-state index in [0.717, 1.165) is 4.47 Å². The molecule has 1 N–H and O–H groups in total. The van der Waals surface area contributed by atoms with Crippen molar-refractivity contribution in [1.82, 2.24) is 0 Å². The van der Waals surface area contributed by atoms with Crippen LogP contribution in [-0.4, -0.2) is 11.1 Å². The average molecular weight is 260 g/mol. The van der Waals surface area contributed by atoms with E-state index in [4.69, 9.17) is 5.11 Å². The Hall–Kier alpha value is -0.336. The minimum absolute atomic E-state index is 0. The van der Waals surface area contributed by atoms with Crippen molar-refractivity contribution in [3.63, 3.8) is 0 Å². The molecule has 0 spiro atoms. The van der Waals surface area contributed by atoms with E-state index in [9.17, 15) is 4.79 Å². The maximum atomic E-state index is 10.3. The molecule has 1 aromatic carbocycles. The van der Waals surface area contributed by atoms with E-state index < -0.39 is 5.97 Å². The summed E-state index contributed by atoms with van der Waals surface area (Å²) in [5, 5.41) is 8.49. The number of aromatic carboxylic acids is 1. The van der Waals surface area contributed by atoms with E-state index in [-0.39, 0.29) is 16.5 Å². The van der Waals surface area contributed by atoms with Crippen molar-refractivity contribution in [3.8, 4) is 0 Å². The molecule has 62 valence electrons. The summed E-state index contributed by atoms with van der Waals surface area (Å²) < 4.78 is 0.785. The first kappa shape index (κ1) is 10.7. The molecule has 0 fully saturated rings. The molecular formula is C7H5BrNiO2. The third-order valence-electron chi connectivity index (χ3n) is 1.07. The average Bonchev–Trinajstić information content (AvgIpc) is 1.88. The van der Waals surface area contributed by atoms with Gasteiger partial charge >= 0.3 is 5.97 Å². The number of benzene rings is 1. The zero-order valence-electron chi connectivity index (χ0n) is 5.36. The molecule has 0 heterocycles. The number of carbonyl (C=O) groups is 1. The van der Waals surface area contributed by atoms with E-state index in [2.05, 4.69) is 15.9 Å². The summed E-state index contributed by atoms with van der Waals surface area (Å²) in [6, 6.07) is 6.58. The van der Waals surface area contributed by atoms with Crippen LogP contribution in [0.4, 0.5) is 0 Å². The van der Waals surface area contributed by atoms with Crippen LogP contribution in [0, 0.1) is 0 Å². The Labute approximate surface area is 82.7 Å². The quantitative estimate of drug-likeness (QED) is 0.785. The van der Waals surface area contributed by atoms with Gasteiger partial charge in [-0.25, -0.2) is 4.79 Å². The van der Waals surface area contributed by atoms with Gasteiger partial charge in [0.05, 0.1) is 5.56 Å². The largest absolute Gasteiger partial charge is 0.478 e. The van der Waals surface area contributed by atoms with Crippen LogP contribution in [0.2, 0.25) is 0 Å². The van der Waals surface area contributed by atoms with Gasteiger partial charge in [0.1, 0.15) is 0 Å². The maximum absolute atomic E-state index is 10.3. The molecule has 0 atom stereocenters. The summed E-state index contributed by atoms with van der Waals surface area (Å²) in [7, 11) is 0. The number of hydrogen-bond donors (Lipinski definition) is 1. The molecular weight excluding hydrogens is 255 g/mol. The monoisotopic (exact) mass is 258 g/mol. The van der Waals surface area contributed by atoms with Crippen LogP contribution in [0.1, 0.15) is 10.4 Å². The van der Waals surface area contributed by atoms with Crippen molar-refractivity contribution >= 4 is 21.9 Å². The van der Waals surface area contributed by atoms with Gasteiger partial charge in [0, 0.05) is 21.0 Å². The smallest absolute Gasteiger partial charge is 0.335 e. The van der Waals surface area contributed by atoms with Gasteiger partial charge in [-0.2, -0.15) is 0 Å². The number of carboxylic acid groups (broad SMARTS) is 1. The number of rotatable bonds is 1. The van der Waals surface area contributed by atoms with Crippen molar-refractivity contribution in [2.75, 3.05) is 0 Å². The van der Waals surface area contributed by atoms with Crippen LogP contribution in [0.15, 0.2) is 28.7 Å². The number of hydrogen-bond acceptors (Lipinski definition) is 1. The van der Waals surface area contributed by atoms with Gasteiger partial charge < -0.3 is 5.11 Å². The van der Waals surface area contributed by atoms with Gasteiger partial charge in [0.15, 0.2) is 0 Å². The van der Waals surface area contributed by atoms with Gasteiger partial charge in [-0.05, 0) is 18.2 Å². The zero-order valence-corrected chi connectivity index (χ0v) is 7.93. The fraction of sp³-hybridized carbons (Fsp3) is 0. The molecule has 1 rings (SSSR count). The second-order valence-corrected chi connectivity index (χ2v) is 2.73. The topological polar surface area (TPSA) is 37.3 Å². The van der Waals surface area contributed by atoms with E-state index in [1.54, 1.807) is 24.3 Å². The Kier molecular flexibility index (Phi) is 4.38. The predicted octanol–water partition coefficient (Wildman–Crippen LogP) is 2.14. The number of carboxylic acids is 1. The molecule has 2 nitrogen and oxygen atoms in total. The minimum Gasteiger partial charge on any atom is -0.478 e. The first-order valence-electron chi connectivity index (χ1n) is 2.69. The van der Waals surface area contributed by atoms with Gasteiger partial charge in [0.2, 0.25) is 0 Å². The second kappa shape index (κ2) is 4.52. The SMILES string of the molecule is O=C(O)c1cccc(Br)c1.[Ni]. The van der Waals surface area contributed by atoms with Crippen LogP contribution < -0.4 is 0 Å². The first-order valence-corrected chi connectivity index (χ1v) is 3.48. The molecule has 0 saturated heterocycles. The molecule has 11 heavy (non-hydrogen) atoms. The van der Waals surface area contributed by atoms with Crippen LogP contribution in [0.25, 0.3) is 0 Å². The summed E-state index contributed by atoms with van der Waals surface area (Å²) in [6.45, 7) is 0. The zero-order chi connectivity index (χ0) is 7.56. The third-order valence-corrected chi connectivity index (χ3v) is 1.56. The van der Waals surface area contributed by atoms with Crippen LogP contribution in [0.5, 0.6) is 0 Å². The van der Waals surface area contributed by atoms with Crippen molar-refractivity contribution in [1.29, 1.82) is 0 Å². The van der Waals surface area contributed by atoms with Gasteiger partial charge in [-0.3, -0.25) is 0 Å². The van der Waals surface area contributed by atoms with E-state index in [1.807, 2.05) is 0 Å². The van der Waals surface area contributed by atoms with Gasteiger partial charge in [-0.1, -0.05) is 22.0 Å². The van der Waals surface area contributed by atoms with Crippen LogP contribution >= 0.6 is 15.9 Å². The summed E-state index contributed by atoms with van der Waals surface area (Å²) >= 11 is 3.17. The molecule has 0 aromatic heterocycles. The van der Waals surface area contributed by atoms with Crippen LogP contribution in [-0.2, 0) is 16.5 Å². The summed E-state index contributed by atoms with van der Waals surface area (Å²) in [5.41, 5.74) is 0.300. The van der Waals surface area contributed by atoms with Crippen LogP contribution in [0.3, 0.4) is 0 Å². The fourth-order valence-corrected chi connectivity index (χ4v) is 1.02. The molecule has 0 bridgehead atoms. The standard InChI is InChI=1S/C7H5BrO2.Ni/c8-6-3-1-2-5(4-6)7(9)10;/h1-4H,(H,9,10);. The Morgan fingerprint density at radius 1 is 1.45 bits per heavy atom. The minimum atomic E-state index is -0.902. The predicted molar refractivity (Wildman–Crippen MR) is 41.1 cm³/mol. The molecule has 0 saturated carbocycles. The summed E-state index contributed by atoms with van der Waals surface area (Å²) in [5.74, 6) is -0.902. The summed E-state index contributed by atoms with van der Waals surface area (Å²) in [4.78, 5) is 10.3. The van der Waals surface area contributed by atoms with Gasteiger partial charge in [-0.15, -0.1) is 0 Å². The fourth-order valence-electron chi connectivity index (χ4n) is 0.622. The van der Waals surface area contributed by atoms with E-state index >= 15 is 0 Å². The first-order chi connectivity index (χ1) is 4.70. The van der Waals surface area contributed by atoms with E-state index in [1.165, 1.54) is 0 Å². The molecule has 0 radical (unpaired) electrons. The Balaban J connectivity index is 0.000001000. The Morgan fingerprint density at radius 2 is 2.09 bits per heavy atom. The Morgan fingerprint density at radius 3 is 2.45 bits per heavy atom. The molecule has 4 heteroatoms. The number of halogens is 1. The van der Waals surface area contributed by atoms with Crippen molar-refractivity contribution in [2.24, 2.45) is 0 Å². The Bertz CT molecular complexity index is 262. The van der Waals surface area contributed by atoms with Gasteiger partial charge in [0.25, 0.3) is 0 Å². The molecule has 0 amide bonds. The third kappa shape index (κ3) is 3.04. The van der Waals surface area contributed by atoms with Crippen molar-refractivity contribution in [3.05, 3.63) is 34.3 Å². The molecule has 0 aliphatic rings. The normalized spacial score (nSPS) is 8.45. The summed E-state index contributed by atoms with van der Waals surface area (Å²) in [6.07, 6.45) is 0. The maximum Gasteiger partial charge on any atom is 0.335 e. The van der Waals surface area contributed by atoms with Crippen molar-refractivity contribution in [2.45, 2.75) is 0 Å². The molecule has 0 aliphatic carbocycles. The van der Waals surface area contributed by atoms with E-state index in [0.29, 0.717) is 5.56 Å². The molecule has 1 aromatic rings. The second-order valence-electron chi connectivity index (χ2n) is 1.82. The molecule has 0 unspecified atom stereocenters. The molecule has 0 aliphatic heterocycles.